The molecule has 0 bridgehead atoms. The maximum absolute atomic E-state index is 12.8. The van der Waals surface area contributed by atoms with Gasteiger partial charge in [-0.15, -0.1) is 11.3 Å². The molecule has 28 heavy (non-hydrogen) atoms. The van der Waals surface area contributed by atoms with E-state index in [9.17, 15) is 4.79 Å². The minimum Gasteiger partial charge on any atom is -0.369 e. The predicted molar refractivity (Wildman–Crippen MR) is 114 cm³/mol. The lowest BCUT2D eigenvalue weighted by Gasteiger charge is -2.29. The largest absolute Gasteiger partial charge is 0.369 e. The first-order valence-electron chi connectivity index (χ1n) is 9.83. The molecule has 0 radical (unpaired) electrons. The molecule has 1 amide bonds. The van der Waals surface area contributed by atoms with Gasteiger partial charge in [0.25, 0.3) is 5.91 Å². The van der Waals surface area contributed by atoms with Gasteiger partial charge < -0.3 is 10.7 Å². The molecule has 3 heterocycles. The third kappa shape index (κ3) is 3.74. The maximum Gasteiger partial charge on any atom is 0.259 e. The number of benzene rings is 1. The zero-order valence-corrected chi connectivity index (χ0v) is 17.1. The normalized spacial score (nSPS) is 14.5. The summed E-state index contributed by atoms with van der Waals surface area (Å²) in [6, 6.07) is 5.42. The first-order valence-corrected chi connectivity index (χ1v) is 10.7. The van der Waals surface area contributed by atoms with Crippen molar-refractivity contribution in [1.29, 1.82) is 0 Å². The highest BCUT2D eigenvalue weighted by Crippen LogP contribution is 2.30. The minimum absolute atomic E-state index is 0.211. The fourth-order valence-electron chi connectivity index (χ4n) is 3.77. The Morgan fingerprint density at radius 1 is 1.36 bits per heavy atom. The average Bonchev–Trinajstić information content (AvgIpc) is 3.26. The van der Waals surface area contributed by atoms with E-state index in [1.54, 1.807) is 17.4 Å². The molecule has 4 N–H and O–H groups in total. The molecule has 0 spiro atoms. The number of para-hydroxylation sites is 1. The third-order valence-electron chi connectivity index (χ3n) is 5.48. The number of carbonyl (C=O) groups excluding carboxylic acids is 1. The van der Waals surface area contributed by atoms with Crippen molar-refractivity contribution >= 4 is 39.4 Å². The molecule has 0 saturated heterocycles. The van der Waals surface area contributed by atoms with Gasteiger partial charge in [0.1, 0.15) is 5.52 Å². The summed E-state index contributed by atoms with van der Waals surface area (Å²) in [6.45, 7) is 7.61. The van der Waals surface area contributed by atoms with Crippen molar-refractivity contribution in [1.82, 2.24) is 19.9 Å². The van der Waals surface area contributed by atoms with Gasteiger partial charge in [0.05, 0.1) is 16.8 Å². The summed E-state index contributed by atoms with van der Waals surface area (Å²) >= 11 is 1.58. The molecule has 7 nitrogen and oxygen atoms in total. The predicted octanol–water partition coefficient (Wildman–Crippen LogP) is 3.65. The van der Waals surface area contributed by atoms with Gasteiger partial charge in [-0.3, -0.25) is 15.0 Å². The van der Waals surface area contributed by atoms with E-state index in [1.807, 2.05) is 12.1 Å². The lowest BCUT2D eigenvalue weighted by molar-refractivity contribution is 0.102. The van der Waals surface area contributed by atoms with Gasteiger partial charge in [-0.05, 0) is 18.1 Å². The van der Waals surface area contributed by atoms with Crippen LogP contribution < -0.4 is 11.1 Å². The average molecular weight is 399 g/mol. The van der Waals surface area contributed by atoms with Crippen LogP contribution in [0.2, 0.25) is 0 Å². The number of nitrogens with one attached hydrogen (secondary N) is 2. The molecule has 0 atom stereocenters. The van der Waals surface area contributed by atoms with E-state index in [1.165, 1.54) is 17.7 Å². The van der Waals surface area contributed by atoms with Gasteiger partial charge in [-0.2, -0.15) is 0 Å². The van der Waals surface area contributed by atoms with Gasteiger partial charge in [0, 0.05) is 30.9 Å². The highest BCUT2D eigenvalue weighted by Gasteiger charge is 2.23. The van der Waals surface area contributed by atoms with Crippen LogP contribution in [-0.4, -0.2) is 38.8 Å². The monoisotopic (exact) mass is 398 g/mol. The number of H-pyrrole nitrogens is 1. The SMILES string of the molecule is CCC(CC)CN1CCc2nc(NC(=O)c3cccc4[nH]c(N)nc34)sc2C1. The Hall–Kier alpha value is -2.45. The van der Waals surface area contributed by atoms with Crippen molar-refractivity contribution in [3.05, 3.63) is 34.3 Å². The maximum atomic E-state index is 12.8. The molecule has 8 heteroatoms. The van der Waals surface area contributed by atoms with Gasteiger partial charge in [0.2, 0.25) is 0 Å². The summed E-state index contributed by atoms with van der Waals surface area (Å²) in [5, 5.41) is 3.60. The minimum atomic E-state index is -0.211. The van der Waals surface area contributed by atoms with Gasteiger partial charge >= 0.3 is 0 Å². The Balaban J connectivity index is 1.48. The second-order valence-corrected chi connectivity index (χ2v) is 8.42. The molecule has 0 aliphatic carbocycles. The number of anilines is 2. The molecule has 148 valence electrons. The van der Waals surface area contributed by atoms with Crippen LogP contribution in [0, 0.1) is 5.92 Å². The van der Waals surface area contributed by atoms with E-state index in [-0.39, 0.29) is 5.91 Å². The number of nitrogens with two attached hydrogens (primary N) is 1. The van der Waals surface area contributed by atoms with E-state index in [4.69, 9.17) is 5.73 Å². The molecule has 0 unspecified atom stereocenters. The van der Waals surface area contributed by atoms with E-state index >= 15 is 0 Å². The second kappa shape index (κ2) is 7.89. The molecule has 1 aromatic carbocycles. The number of thiazole rings is 1. The third-order valence-corrected chi connectivity index (χ3v) is 6.48. The lowest BCUT2D eigenvalue weighted by Crippen LogP contribution is -2.33. The van der Waals surface area contributed by atoms with Crippen molar-refractivity contribution in [2.75, 3.05) is 24.1 Å². The van der Waals surface area contributed by atoms with E-state index in [0.29, 0.717) is 22.2 Å². The Morgan fingerprint density at radius 2 is 2.18 bits per heavy atom. The van der Waals surface area contributed by atoms with Crippen molar-refractivity contribution in [3.8, 4) is 0 Å². The Bertz CT molecular complexity index is 990. The second-order valence-electron chi connectivity index (χ2n) is 7.33. The molecule has 3 aromatic rings. The number of aromatic amines is 1. The first-order chi connectivity index (χ1) is 13.6. The highest BCUT2D eigenvalue weighted by molar-refractivity contribution is 7.15. The summed E-state index contributed by atoms with van der Waals surface area (Å²) in [5.41, 5.74) is 8.67. The van der Waals surface area contributed by atoms with Crippen molar-refractivity contribution in [2.45, 2.75) is 39.7 Å². The summed E-state index contributed by atoms with van der Waals surface area (Å²) in [5.74, 6) is 0.838. The summed E-state index contributed by atoms with van der Waals surface area (Å²) in [6.07, 6.45) is 3.37. The van der Waals surface area contributed by atoms with Crippen molar-refractivity contribution < 1.29 is 4.79 Å². The molecule has 1 aliphatic heterocycles. The summed E-state index contributed by atoms with van der Waals surface area (Å²) in [7, 11) is 0. The van der Waals surface area contributed by atoms with Crippen LogP contribution in [0.15, 0.2) is 18.2 Å². The number of carbonyl (C=O) groups is 1. The zero-order chi connectivity index (χ0) is 19.7. The fourth-order valence-corrected chi connectivity index (χ4v) is 4.81. The van der Waals surface area contributed by atoms with Crippen LogP contribution in [-0.2, 0) is 13.0 Å². The number of hydrogen-bond acceptors (Lipinski definition) is 6. The number of amides is 1. The summed E-state index contributed by atoms with van der Waals surface area (Å²) < 4.78 is 0. The zero-order valence-electron chi connectivity index (χ0n) is 16.3. The Kier molecular flexibility index (Phi) is 5.32. The number of hydrogen-bond donors (Lipinski definition) is 3. The smallest absolute Gasteiger partial charge is 0.259 e. The molecular weight excluding hydrogens is 372 g/mol. The topological polar surface area (TPSA) is 99.9 Å². The molecule has 0 fully saturated rings. The first kappa shape index (κ1) is 18.9. The molecule has 4 rings (SSSR count). The van der Waals surface area contributed by atoms with E-state index in [2.05, 4.69) is 39.0 Å². The molecule has 0 saturated carbocycles. The quantitative estimate of drug-likeness (QED) is 0.588. The standard InChI is InChI=1S/C20H26N6OS/c1-3-12(4-2)10-26-9-8-14-16(11-26)28-20(23-14)25-18(27)13-6-5-7-15-17(13)24-19(21)22-15/h5-7,12H,3-4,8-11H2,1-2H3,(H3,21,22,24)(H,23,25,27). The molecule has 1 aliphatic rings. The van der Waals surface area contributed by atoms with Crippen LogP contribution in [0.1, 0.15) is 47.6 Å². The Labute approximate surface area is 168 Å². The van der Waals surface area contributed by atoms with Gasteiger partial charge in [0.15, 0.2) is 11.1 Å². The van der Waals surface area contributed by atoms with Crippen molar-refractivity contribution in [2.24, 2.45) is 5.92 Å². The van der Waals surface area contributed by atoms with E-state index < -0.39 is 0 Å². The fraction of sp³-hybridized carbons (Fsp3) is 0.450. The number of fused-ring (bicyclic) bond motifs is 2. The number of rotatable bonds is 6. The van der Waals surface area contributed by atoms with Gasteiger partial charge in [-0.1, -0.05) is 32.8 Å². The van der Waals surface area contributed by atoms with E-state index in [0.717, 1.165) is 43.2 Å². The van der Waals surface area contributed by atoms with Gasteiger partial charge in [-0.25, -0.2) is 9.97 Å². The van der Waals surface area contributed by atoms with Crippen LogP contribution in [0.25, 0.3) is 11.0 Å². The highest BCUT2D eigenvalue weighted by atomic mass is 32.1. The van der Waals surface area contributed by atoms with Crippen LogP contribution >= 0.6 is 11.3 Å². The number of aromatic nitrogens is 3. The Morgan fingerprint density at radius 3 is 2.96 bits per heavy atom. The van der Waals surface area contributed by atoms with Crippen LogP contribution in [0.3, 0.4) is 0 Å². The lowest BCUT2D eigenvalue weighted by atomic mass is 10.0. The molecule has 2 aromatic heterocycles. The summed E-state index contributed by atoms with van der Waals surface area (Å²) in [4.78, 5) is 28.4. The number of nitrogen functional groups attached to an aromatic ring is 1. The van der Waals surface area contributed by atoms with Crippen LogP contribution in [0.4, 0.5) is 11.1 Å². The van der Waals surface area contributed by atoms with Crippen molar-refractivity contribution in [3.63, 3.8) is 0 Å². The van der Waals surface area contributed by atoms with Crippen LogP contribution in [0.5, 0.6) is 0 Å². The molecular formula is C20H26N6OS. The number of nitrogens with zero attached hydrogens (tertiary/aromatic N) is 3. The number of imidazole rings is 1.